The van der Waals surface area contributed by atoms with Crippen molar-refractivity contribution in [3.05, 3.63) is 18.5 Å². The van der Waals surface area contributed by atoms with Gasteiger partial charge in [0.15, 0.2) is 0 Å². The highest BCUT2D eigenvalue weighted by Crippen LogP contribution is 2.02. The number of aromatic nitrogens is 4. The van der Waals surface area contributed by atoms with Gasteiger partial charge in [-0.1, -0.05) is 0 Å². The second-order valence-electron chi connectivity index (χ2n) is 1.83. The molecule has 0 aromatic carbocycles. The number of hydrogen-bond donors (Lipinski definition) is 3. The summed E-state index contributed by atoms with van der Waals surface area (Å²) >= 11 is 0. The van der Waals surface area contributed by atoms with E-state index in [1.165, 1.54) is 0 Å². The molecule has 0 saturated heterocycles. The highest BCUT2D eigenvalue weighted by molar-refractivity contribution is 6.13. The van der Waals surface area contributed by atoms with E-state index in [-0.39, 0.29) is 7.69 Å². The molecule has 1 radical (unpaired) electrons. The maximum absolute atomic E-state index is 7.00. The summed E-state index contributed by atoms with van der Waals surface area (Å²) in [5.41, 5.74) is 1.77. The molecule has 0 atom stereocenters. The predicted molar refractivity (Wildman–Crippen MR) is 41.9 cm³/mol. The fourth-order valence-electron chi connectivity index (χ4n) is 0.722. The third kappa shape index (κ3) is 2.01. The Morgan fingerprint density at radius 3 is 2.83 bits per heavy atom. The lowest BCUT2D eigenvalue weighted by Crippen LogP contribution is -1.83. The van der Waals surface area contributed by atoms with Crippen molar-refractivity contribution in [3.8, 4) is 0 Å². The van der Waals surface area contributed by atoms with Crippen LogP contribution in [0.4, 0.5) is 0 Å². The summed E-state index contributed by atoms with van der Waals surface area (Å²) in [5, 5.41) is 24.8. The van der Waals surface area contributed by atoms with E-state index < -0.39 is 0 Å². The highest BCUT2D eigenvalue weighted by atomic mass is 16.4. The van der Waals surface area contributed by atoms with Crippen LogP contribution < -0.4 is 0 Å². The second-order valence-corrected chi connectivity index (χ2v) is 1.83. The van der Waals surface area contributed by atoms with Crippen molar-refractivity contribution in [3.63, 3.8) is 0 Å². The monoisotopic (exact) mass is 165 g/mol. The van der Waals surface area contributed by atoms with Gasteiger partial charge in [-0.05, 0) is 11.3 Å². The first-order valence-electron chi connectivity index (χ1n) is 3.10. The van der Waals surface area contributed by atoms with Crippen LogP contribution in [-0.4, -0.2) is 38.1 Å². The zero-order valence-corrected chi connectivity index (χ0v) is 6.05. The van der Waals surface area contributed by atoms with Gasteiger partial charge in [0.1, 0.15) is 5.52 Å². The molecular formula is C5H6BN4O2. The molecule has 3 N–H and O–H groups in total. The van der Waals surface area contributed by atoms with E-state index in [0.717, 1.165) is 11.0 Å². The normalized spacial score (nSPS) is 8.83. The molecule has 2 heterocycles. The van der Waals surface area contributed by atoms with Crippen LogP contribution in [0.5, 0.6) is 0 Å². The van der Waals surface area contributed by atoms with Crippen LogP contribution in [-0.2, 0) is 0 Å². The van der Waals surface area contributed by atoms with Crippen LogP contribution in [0.25, 0.3) is 11.0 Å². The van der Waals surface area contributed by atoms with E-state index in [1.54, 1.807) is 12.4 Å². The molecule has 0 bridgehead atoms. The lowest BCUT2D eigenvalue weighted by atomic mass is 10.5. The quantitative estimate of drug-likeness (QED) is 0.428. The minimum Gasteiger partial charge on any atom is -0.429 e. The number of fused-ring (bicyclic) bond motifs is 1. The number of aromatic amines is 1. The molecule has 0 aliphatic rings. The molecule has 0 fully saturated rings. The lowest BCUT2D eigenvalue weighted by molar-refractivity contribution is 0.448. The number of H-pyrrole nitrogens is 1. The maximum atomic E-state index is 7.00. The van der Waals surface area contributed by atoms with Crippen LogP contribution in [0, 0.1) is 0 Å². The van der Waals surface area contributed by atoms with Crippen molar-refractivity contribution in [2.45, 2.75) is 0 Å². The molecule has 7 heteroatoms. The predicted octanol–water partition coefficient (Wildman–Crippen LogP) is -1.14. The van der Waals surface area contributed by atoms with Crippen LogP contribution in [0.3, 0.4) is 0 Å². The standard InChI is InChI=1S/C5H4N4.BH2O2/c1-2-6-5-3-7-9-8-4(1)5;2-1-3/h1-3,6H;2-3H. The number of nitrogens with one attached hydrogen (secondary N) is 1. The molecule has 0 saturated carbocycles. The summed E-state index contributed by atoms with van der Waals surface area (Å²) in [6.45, 7) is 0. The number of rotatable bonds is 0. The molecule has 0 unspecified atom stereocenters. The topological polar surface area (TPSA) is 94.9 Å². The molecule has 0 aliphatic heterocycles. The molecule has 2 rings (SSSR count). The van der Waals surface area contributed by atoms with Gasteiger partial charge in [0.2, 0.25) is 0 Å². The molecule has 0 amide bonds. The zero-order valence-electron chi connectivity index (χ0n) is 6.05. The van der Waals surface area contributed by atoms with Crippen LogP contribution in [0.2, 0.25) is 0 Å². The van der Waals surface area contributed by atoms with Gasteiger partial charge in [0.05, 0.1) is 11.7 Å². The van der Waals surface area contributed by atoms with E-state index in [4.69, 9.17) is 10.0 Å². The first-order valence-corrected chi connectivity index (χ1v) is 3.10. The zero-order chi connectivity index (χ0) is 8.81. The molecule has 6 nitrogen and oxygen atoms in total. The van der Waals surface area contributed by atoms with E-state index in [0.29, 0.717) is 0 Å². The van der Waals surface area contributed by atoms with E-state index in [9.17, 15) is 0 Å². The Morgan fingerprint density at radius 2 is 2.17 bits per heavy atom. The van der Waals surface area contributed by atoms with Crippen molar-refractivity contribution >= 4 is 18.7 Å². The summed E-state index contributed by atoms with van der Waals surface area (Å²) in [5.74, 6) is 0. The SMILES string of the molecule is O[B]O.c1cc2nnncc2[nH]1. The Bertz CT molecular complexity index is 308. The second kappa shape index (κ2) is 4.42. The molecule has 12 heavy (non-hydrogen) atoms. The third-order valence-electron chi connectivity index (χ3n) is 1.15. The maximum Gasteiger partial charge on any atom is 0.482 e. The number of hydrogen-bond acceptors (Lipinski definition) is 5. The molecular weight excluding hydrogens is 159 g/mol. The van der Waals surface area contributed by atoms with Crippen LogP contribution in [0.1, 0.15) is 0 Å². The van der Waals surface area contributed by atoms with Gasteiger partial charge in [-0.3, -0.25) is 0 Å². The molecule has 0 spiro atoms. The van der Waals surface area contributed by atoms with Crippen molar-refractivity contribution in [1.29, 1.82) is 0 Å². The smallest absolute Gasteiger partial charge is 0.429 e. The fraction of sp³-hybridized carbons (Fsp3) is 0. The molecule has 2 aromatic rings. The summed E-state index contributed by atoms with van der Waals surface area (Å²) in [6, 6.07) is 1.85. The minimum atomic E-state index is 0. The summed E-state index contributed by atoms with van der Waals surface area (Å²) in [7, 11) is 0. The largest absolute Gasteiger partial charge is 0.482 e. The Hall–Kier alpha value is -1.47. The van der Waals surface area contributed by atoms with Gasteiger partial charge in [-0.15, -0.1) is 10.2 Å². The van der Waals surface area contributed by atoms with Gasteiger partial charge in [0, 0.05) is 6.20 Å². The van der Waals surface area contributed by atoms with Crippen LogP contribution >= 0.6 is 0 Å². The Labute approximate surface area is 68.6 Å². The summed E-state index contributed by atoms with van der Waals surface area (Å²) < 4.78 is 0. The fourth-order valence-corrected chi connectivity index (χ4v) is 0.722. The van der Waals surface area contributed by atoms with Crippen molar-refractivity contribution < 1.29 is 10.0 Å². The summed E-state index contributed by atoms with van der Waals surface area (Å²) in [6.07, 6.45) is 3.45. The Morgan fingerprint density at radius 1 is 1.42 bits per heavy atom. The van der Waals surface area contributed by atoms with Gasteiger partial charge in [0.25, 0.3) is 0 Å². The third-order valence-corrected chi connectivity index (χ3v) is 1.15. The van der Waals surface area contributed by atoms with Gasteiger partial charge in [-0.25, -0.2) is 0 Å². The average molecular weight is 165 g/mol. The number of nitrogens with zero attached hydrogens (tertiary/aromatic N) is 3. The van der Waals surface area contributed by atoms with Crippen molar-refractivity contribution in [2.75, 3.05) is 0 Å². The lowest BCUT2D eigenvalue weighted by Gasteiger charge is -1.80. The van der Waals surface area contributed by atoms with Gasteiger partial charge in [-0.2, -0.15) is 0 Å². The minimum absolute atomic E-state index is 0. The first kappa shape index (κ1) is 8.63. The average Bonchev–Trinajstić information content (AvgIpc) is 2.52. The Balaban J connectivity index is 0.000000213. The van der Waals surface area contributed by atoms with Crippen molar-refractivity contribution in [1.82, 2.24) is 20.4 Å². The Kier molecular flexibility index (Phi) is 3.18. The highest BCUT2D eigenvalue weighted by Gasteiger charge is 1.90. The first-order chi connectivity index (χ1) is 5.88. The molecule has 61 valence electrons. The van der Waals surface area contributed by atoms with E-state index in [2.05, 4.69) is 20.4 Å². The van der Waals surface area contributed by atoms with E-state index in [1.807, 2.05) is 6.07 Å². The summed E-state index contributed by atoms with van der Waals surface area (Å²) in [4.78, 5) is 2.95. The van der Waals surface area contributed by atoms with Gasteiger partial charge >= 0.3 is 7.69 Å². The molecule has 0 aliphatic carbocycles. The van der Waals surface area contributed by atoms with E-state index >= 15 is 0 Å². The van der Waals surface area contributed by atoms with Crippen molar-refractivity contribution in [2.24, 2.45) is 0 Å². The molecule has 2 aromatic heterocycles. The van der Waals surface area contributed by atoms with Crippen LogP contribution in [0.15, 0.2) is 18.5 Å². The van der Waals surface area contributed by atoms with Gasteiger partial charge < -0.3 is 15.0 Å².